The Bertz CT molecular complexity index is 3400. The number of imidazole rings is 1. The molecule has 0 fully saturated rings. The van der Waals surface area contributed by atoms with Crippen LogP contribution in [0.1, 0.15) is 26.3 Å². The Morgan fingerprint density at radius 1 is 0.638 bits per heavy atom. The normalized spacial score (nSPS) is 12.1. The van der Waals surface area contributed by atoms with Crippen molar-refractivity contribution in [3.05, 3.63) is 164 Å². The Hall–Kier alpha value is -6.43. The van der Waals surface area contributed by atoms with Crippen molar-refractivity contribution >= 4 is 65.4 Å². The zero-order valence-electron chi connectivity index (χ0n) is 32.7. The Morgan fingerprint density at radius 3 is 2.07 bits per heavy atom. The van der Waals surface area contributed by atoms with Gasteiger partial charge in [-0.2, -0.15) is 18.2 Å². The van der Waals surface area contributed by atoms with Crippen LogP contribution in [0, 0.1) is 18.5 Å². The van der Waals surface area contributed by atoms with Crippen LogP contribution in [-0.4, -0.2) is 23.3 Å². The number of aryl methyl sites for hydroxylation is 2. The van der Waals surface area contributed by atoms with Crippen LogP contribution in [0.25, 0.3) is 82.6 Å². The maximum Gasteiger partial charge on any atom is 0.267 e. The van der Waals surface area contributed by atoms with Crippen LogP contribution in [0.3, 0.4) is 0 Å². The zero-order chi connectivity index (χ0) is 38.6. The fourth-order valence-corrected chi connectivity index (χ4v) is 8.75. The minimum atomic E-state index is -0.0787. The van der Waals surface area contributed by atoms with Gasteiger partial charge in [-0.05, 0) is 58.5 Å². The fraction of sp³-hybridized carbons (Fsp3) is 0.120. The minimum Gasteiger partial charge on any atom is -0.510 e. The molecule has 0 bridgehead atoms. The van der Waals surface area contributed by atoms with Crippen molar-refractivity contribution in [2.45, 2.75) is 26.2 Å². The molecule has 0 atom stereocenters. The van der Waals surface area contributed by atoms with Gasteiger partial charge in [-0.15, -0.1) is 29.7 Å². The maximum atomic E-state index is 6.64. The molecular formula is C50H38N6OPt-2. The number of rotatable bonds is 5. The summed E-state index contributed by atoms with van der Waals surface area (Å²) < 4.78 is 17.6. The van der Waals surface area contributed by atoms with Crippen molar-refractivity contribution < 1.29 is 30.4 Å². The van der Waals surface area contributed by atoms with Gasteiger partial charge in [0.25, 0.3) is 6.33 Å². The Kier molecular flexibility index (Phi) is 8.26. The molecule has 5 heterocycles. The molecule has 0 radical (unpaired) electrons. The van der Waals surface area contributed by atoms with Gasteiger partial charge in [0.05, 0.1) is 22.2 Å². The largest absolute Gasteiger partial charge is 0.510 e. The van der Waals surface area contributed by atoms with Crippen LogP contribution in [-0.2, 0) is 40.6 Å². The summed E-state index contributed by atoms with van der Waals surface area (Å²) in [5.74, 6) is 2.01. The summed E-state index contributed by atoms with van der Waals surface area (Å²) in [6, 6.07) is 49.4. The molecule has 0 aliphatic rings. The average molecular weight is 934 g/mol. The molecule has 0 aliphatic carbocycles. The molecular weight excluding hydrogens is 896 g/mol. The molecule has 0 N–H and O–H groups in total. The third-order valence-electron chi connectivity index (χ3n) is 11.5. The van der Waals surface area contributed by atoms with Crippen molar-refractivity contribution in [3.63, 3.8) is 0 Å². The van der Waals surface area contributed by atoms with Gasteiger partial charge in [-0.1, -0.05) is 80.9 Å². The third-order valence-corrected chi connectivity index (χ3v) is 11.5. The van der Waals surface area contributed by atoms with Gasteiger partial charge in [-0.25, -0.2) is 4.98 Å². The summed E-state index contributed by atoms with van der Waals surface area (Å²) in [5.41, 5.74) is 9.70. The fourth-order valence-electron chi connectivity index (χ4n) is 8.75. The third kappa shape index (κ3) is 5.37. The summed E-state index contributed by atoms with van der Waals surface area (Å²) in [4.78, 5) is 5.09. The van der Waals surface area contributed by atoms with E-state index in [0.29, 0.717) is 11.5 Å². The van der Waals surface area contributed by atoms with Crippen LogP contribution in [0.5, 0.6) is 11.5 Å². The molecule has 0 amide bonds. The van der Waals surface area contributed by atoms with Gasteiger partial charge in [0, 0.05) is 97.8 Å². The zero-order valence-corrected chi connectivity index (χ0v) is 35.0. The van der Waals surface area contributed by atoms with E-state index in [2.05, 4.69) is 146 Å². The molecule has 58 heavy (non-hydrogen) atoms. The monoisotopic (exact) mass is 933 g/mol. The number of pyridine rings is 1. The summed E-state index contributed by atoms with van der Waals surface area (Å²) in [6.45, 7) is 6.74. The van der Waals surface area contributed by atoms with E-state index in [1.54, 1.807) is 0 Å². The van der Waals surface area contributed by atoms with E-state index < -0.39 is 0 Å². The Morgan fingerprint density at radius 2 is 1.31 bits per heavy atom. The molecule has 11 rings (SSSR count). The second-order valence-electron chi connectivity index (χ2n) is 15.9. The molecule has 0 saturated carbocycles. The van der Waals surface area contributed by atoms with Crippen molar-refractivity contribution in [3.8, 4) is 28.7 Å². The number of hydrogen-bond acceptors (Lipinski definition) is 2. The van der Waals surface area contributed by atoms with E-state index in [1.165, 1.54) is 49.0 Å². The van der Waals surface area contributed by atoms with Gasteiger partial charge in [0.15, 0.2) is 0 Å². The van der Waals surface area contributed by atoms with E-state index >= 15 is 0 Å². The van der Waals surface area contributed by atoms with E-state index in [9.17, 15) is 0 Å². The number of benzene rings is 6. The van der Waals surface area contributed by atoms with E-state index in [1.807, 2.05) is 70.2 Å². The van der Waals surface area contributed by atoms with Crippen molar-refractivity contribution in [2.24, 2.45) is 14.1 Å². The molecule has 7 nitrogen and oxygen atoms in total. The topological polar surface area (TPSA) is 45.7 Å². The number of fused-ring (bicyclic) bond motifs is 12. The number of ether oxygens (including phenoxy) is 1. The van der Waals surface area contributed by atoms with E-state index in [4.69, 9.17) is 9.72 Å². The molecule has 11 aromatic rings. The van der Waals surface area contributed by atoms with Crippen LogP contribution < -0.4 is 9.30 Å². The Balaban J connectivity index is 0.00000408. The quantitative estimate of drug-likeness (QED) is 0.128. The molecule has 0 unspecified atom stereocenters. The van der Waals surface area contributed by atoms with Crippen molar-refractivity contribution in [2.75, 3.05) is 0 Å². The molecule has 0 aliphatic heterocycles. The van der Waals surface area contributed by atoms with E-state index in [0.717, 1.165) is 39.1 Å². The molecule has 0 spiro atoms. The predicted octanol–water partition coefficient (Wildman–Crippen LogP) is 11.0. The average Bonchev–Trinajstić information content (AvgIpc) is 3.99. The van der Waals surface area contributed by atoms with Crippen molar-refractivity contribution in [1.82, 2.24) is 23.3 Å². The first-order valence-electron chi connectivity index (χ1n) is 19.3. The number of hydrogen-bond donors (Lipinski definition) is 0. The first kappa shape index (κ1) is 35.9. The summed E-state index contributed by atoms with van der Waals surface area (Å²) in [7, 11) is 4.38. The molecule has 5 aromatic heterocycles. The van der Waals surface area contributed by atoms with Gasteiger partial charge in [-0.3, -0.25) is 4.57 Å². The van der Waals surface area contributed by atoms with Crippen molar-refractivity contribution in [1.29, 1.82) is 0 Å². The van der Waals surface area contributed by atoms with Crippen LogP contribution in [0.2, 0.25) is 0 Å². The maximum absolute atomic E-state index is 6.64. The second-order valence-corrected chi connectivity index (χ2v) is 15.9. The molecule has 286 valence electrons. The smallest absolute Gasteiger partial charge is 0.267 e. The molecule has 8 heteroatoms. The van der Waals surface area contributed by atoms with Crippen LogP contribution in [0.15, 0.2) is 140 Å². The summed E-state index contributed by atoms with van der Waals surface area (Å²) in [6.07, 6.45) is 9.29. The summed E-state index contributed by atoms with van der Waals surface area (Å²) in [5, 5.41) is 7.14. The number of para-hydroxylation sites is 3. The van der Waals surface area contributed by atoms with Crippen LogP contribution in [0.4, 0.5) is 0 Å². The molecule has 6 aromatic carbocycles. The SMILES string of the molecule is Cn1c2ccccc2c2c3c4ccc(Oc5[c-]c(-[n+]6[c-]n(-c7ccccc7)cc6)ccc5)[c-]c4n(-c4cc(C(C)(C)C)ccn4)c3c3c(c4ccccc4n3C)c21.[Pt]. The van der Waals surface area contributed by atoms with Gasteiger partial charge < -0.3 is 23.0 Å². The van der Waals surface area contributed by atoms with E-state index in [-0.39, 0.29) is 26.5 Å². The van der Waals surface area contributed by atoms with Crippen LogP contribution >= 0.6 is 0 Å². The first-order chi connectivity index (χ1) is 27.7. The Labute approximate surface area is 350 Å². The second kappa shape index (κ2) is 13.3. The molecule has 0 saturated heterocycles. The minimum absolute atomic E-state index is 0. The standard InChI is InChI=1S/C50H38N6O.Pt/c1-50(2,3)32-24-25-51-43(28-32)56-42-30-36(57-35-17-13-16-34(29-35)55-27-26-54(31-55)33-14-7-6-8-15-33)22-23-39(42)45-44-37-18-9-11-20-40(37)52(4)47(44)46-38-19-10-12-21-41(38)53(5)48(46)49(45)56;/h6-28H,1-5H3;/q-2;. The first-order valence-corrected chi connectivity index (χ1v) is 19.3. The summed E-state index contributed by atoms with van der Waals surface area (Å²) >= 11 is 0. The predicted molar refractivity (Wildman–Crippen MR) is 229 cm³/mol. The number of aromatic nitrogens is 6. The van der Waals surface area contributed by atoms with Gasteiger partial charge in [0.2, 0.25) is 0 Å². The van der Waals surface area contributed by atoms with Gasteiger partial charge in [0.1, 0.15) is 5.82 Å². The number of nitrogens with zero attached hydrogens (tertiary/aromatic N) is 6. The van der Waals surface area contributed by atoms with Gasteiger partial charge >= 0.3 is 0 Å².